The number of para-hydroxylation sites is 1. The Morgan fingerprint density at radius 3 is 1.82 bits per heavy atom. The third-order valence-corrected chi connectivity index (χ3v) is 9.49. The fourth-order valence-corrected chi connectivity index (χ4v) is 6.47. The average molecular weight is 670 g/mol. The molecule has 0 bridgehead atoms. The Hall–Kier alpha value is -4.38. The molecule has 0 aliphatic rings. The second kappa shape index (κ2) is 12.4. The van der Waals surface area contributed by atoms with Gasteiger partial charge in [-0.1, -0.05) is 120 Å². The molecule has 260 valence electrons. The first-order chi connectivity index (χ1) is 24.4. The lowest BCUT2D eigenvalue weighted by Crippen LogP contribution is -2.24. The first-order valence-corrected chi connectivity index (χ1v) is 17.9. The summed E-state index contributed by atoms with van der Waals surface area (Å²) < 4.78 is 32.5. The van der Waals surface area contributed by atoms with Crippen molar-refractivity contribution >= 4 is 21.9 Å². The Kier molecular flexibility index (Phi) is 7.86. The molecule has 0 atom stereocenters. The molecule has 0 fully saturated rings. The summed E-state index contributed by atoms with van der Waals surface area (Å²) in [6, 6.07) is 18.7. The highest BCUT2D eigenvalue weighted by atomic mass is 16.3. The summed E-state index contributed by atoms with van der Waals surface area (Å²) in [4.78, 5) is 19.5. The van der Waals surface area contributed by atoms with Crippen LogP contribution in [0.4, 0.5) is 0 Å². The van der Waals surface area contributed by atoms with Gasteiger partial charge in [-0.2, -0.15) is 0 Å². The molecule has 0 aliphatic carbocycles. The van der Waals surface area contributed by atoms with Crippen molar-refractivity contribution in [2.75, 3.05) is 0 Å². The number of aryl methyl sites for hydroxylation is 1. The topological polar surface area (TPSA) is 64.7 Å². The van der Waals surface area contributed by atoms with Crippen molar-refractivity contribution in [3.63, 3.8) is 0 Å². The van der Waals surface area contributed by atoms with E-state index in [0.29, 0.717) is 28.2 Å². The number of aromatic nitrogens is 4. The zero-order valence-electron chi connectivity index (χ0n) is 35.1. The number of fused-ring (bicyclic) bond motifs is 3. The van der Waals surface area contributed by atoms with Gasteiger partial charge >= 0.3 is 0 Å². The zero-order valence-corrected chi connectivity index (χ0v) is 32.1. The van der Waals surface area contributed by atoms with E-state index in [1.165, 1.54) is 5.56 Å². The molecular formula is C45H54N4O. The molecule has 0 unspecified atom stereocenters. The van der Waals surface area contributed by atoms with Gasteiger partial charge in [0.2, 0.25) is 0 Å². The normalized spacial score (nSPS) is 14.1. The molecule has 3 heterocycles. The van der Waals surface area contributed by atoms with Crippen molar-refractivity contribution < 1.29 is 8.53 Å². The summed E-state index contributed by atoms with van der Waals surface area (Å²) in [6.45, 7) is 25.7. The van der Waals surface area contributed by atoms with Gasteiger partial charge in [0.15, 0.2) is 5.82 Å². The van der Waals surface area contributed by atoms with Crippen LogP contribution in [0.2, 0.25) is 0 Å². The van der Waals surface area contributed by atoms with Crippen molar-refractivity contribution in [3.8, 4) is 33.8 Å². The summed E-state index contributed by atoms with van der Waals surface area (Å²) in [5.41, 5.74) is 8.58. The van der Waals surface area contributed by atoms with Crippen LogP contribution in [-0.2, 0) is 16.2 Å². The van der Waals surface area contributed by atoms with Crippen LogP contribution in [0, 0.1) is 6.85 Å². The first kappa shape index (κ1) is 31.6. The number of benzene rings is 3. The lowest BCUT2D eigenvalue weighted by atomic mass is 9.77. The van der Waals surface area contributed by atoms with E-state index in [9.17, 15) is 0 Å². The quantitative estimate of drug-likeness (QED) is 0.183. The predicted molar refractivity (Wildman–Crippen MR) is 210 cm³/mol. The van der Waals surface area contributed by atoms with Crippen molar-refractivity contribution in [3.05, 3.63) is 94.7 Å². The van der Waals surface area contributed by atoms with E-state index in [-0.39, 0.29) is 33.6 Å². The second-order valence-electron chi connectivity index (χ2n) is 17.5. The standard InChI is InChI=1S/C45H54N4O/c1-25(2)33-21-29(43(6,7)8)22-34(26(3)4)38(33)35-23-36(46-24-27(35)5)32-17-15-16-31-30-19-18-28(20-37(30)50-39(31)32)40-47-41(44(9,10)11)49-42(48-40)45(12,13)14/h15-26H,1-14H3/i5D3. The van der Waals surface area contributed by atoms with Gasteiger partial charge in [-0.05, 0) is 81.7 Å². The molecule has 0 aliphatic heterocycles. The number of nitrogens with zero attached hydrogens (tertiary/aromatic N) is 4. The SMILES string of the molecule is [2H]C([2H])([2H])c1cnc(-c2cccc3c2oc2cc(-c4nc(C(C)(C)C)nc(C(C)(C)C)n4)ccc23)cc1-c1c(C(C)C)cc(C(C)(C)C)cc1C(C)C. The maximum atomic E-state index is 8.59. The van der Waals surface area contributed by atoms with E-state index in [1.807, 2.05) is 30.3 Å². The highest BCUT2D eigenvalue weighted by Crippen LogP contribution is 2.43. The maximum Gasteiger partial charge on any atom is 0.163 e. The van der Waals surface area contributed by atoms with Crippen LogP contribution in [0.15, 0.2) is 65.2 Å². The predicted octanol–water partition coefficient (Wildman–Crippen LogP) is 12.6. The van der Waals surface area contributed by atoms with Gasteiger partial charge in [-0.15, -0.1) is 0 Å². The van der Waals surface area contributed by atoms with Gasteiger partial charge in [0.25, 0.3) is 0 Å². The Morgan fingerprint density at radius 1 is 0.660 bits per heavy atom. The zero-order chi connectivity index (χ0) is 39.0. The van der Waals surface area contributed by atoms with Crippen LogP contribution in [0.1, 0.15) is 140 Å². The van der Waals surface area contributed by atoms with Gasteiger partial charge in [-0.3, -0.25) is 4.98 Å². The Labute approximate surface area is 303 Å². The molecule has 5 heteroatoms. The van der Waals surface area contributed by atoms with Crippen LogP contribution >= 0.6 is 0 Å². The fourth-order valence-electron chi connectivity index (χ4n) is 6.47. The monoisotopic (exact) mass is 669 g/mol. The number of hydrogen-bond acceptors (Lipinski definition) is 5. The maximum absolute atomic E-state index is 8.59. The highest BCUT2D eigenvalue weighted by molar-refractivity contribution is 6.10. The van der Waals surface area contributed by atoms with Gasteiger partial charge in [0, 0.05) is 43.0 Å². The van der Waals surface area contributed by atoms with Gasteiger partial charge in [0.1, 0.15) is 22.8 Å². The van der Waals surface area contributed by atoms with Crippen molar-refractivity contribution in [2.45, 2.75) is 125 Å². The smallest absolute Gasteiger partial charge is 0.163 e. The van der Waals surface area contributed by atoms with E-state index in [0.717, 1.165) is 50.2 Å². The lowest BCUT2D eigenvalue weighted by molar-refractivity contribution is 0.497. The van der Waals surface area contributed by atoms with Crippen LogP contribution < -0.4 is 0 Å². The number of furan rings is 1. The average Bonchev–Trinajstić information content (AvgIpc) is 3.43. The first-order valence-electron chi connectivity index (χ1n) is 19.4. The molecule has 3 aromatic heterocycles. The van der Waals surface area contributed by atoms with E-state index in [2.05, 4.69) is 114 Å². The van der Waals surface area contributed by atoms with Gasteiger partial charge in [-0.25, -0.2) is 15.0 Å². The highest BCUT2D eigenvalue weighted by Gasteiger charge is 2.27. The van der Waals surface area contributed by atoms with E-state index in [1.54, 1.807) is 6.20 Å². The second-order valence-corrected chi connectivity index (χ2v) is 17.5. The molecule has 6 aromatic rings. The van der Waals surface area contributed by atoms with Crippen LogP contribution in [0.3, 0.4) is 0 Å². The summed E-state index contributed by atoms with van der Waals surface area (Å²) >= 11 is 0. The number of hydrogen-bond donors (Lipinski definition) is 0. The summed E-state index contributed by atoms with van der Waals surface area (Å²) in [6.07, 6.45) is 1.55. The molecule has 0 radical (unpaired) electrons. The lowest BCUT2D eigenvalue weighted by Gasteiger charge is -2.27. The van der Waals surface area contributed by atoms with Crippen LogP contribution in [0.25, 0.3) is 55.7 Å². The molecule has 0 amide bonds. The molecule has 3 aromatic carbocycles. The minimum atomic E-state index is -2.36. The molecular weight excluding hydrogens is 613 g/mol. The summed E-state index contributed by atoms with van der Waals surface area (Å²) in [7, 11) is 0. The van der Waals surface area contributed by atoms with Crippen molar-refractivity contribution in [1.29, 1.82) is 0 Å². The molecule has 5 nitrogen and oxygen atoms in total. The minimum absolute atomic E-state index is 0.0633. The van der Waals surface area contributed by atoms with E-state index < -0.39 is 6.85 Å². The molecule has 0 saturated heterocycles. The molecule has 50 heavy (non-hydrogen) atoms. The molecule has 6 rings (SSSR count). The third kappa shape index (κ3) is 6.59. The largest absolute Gasteiger partial charge is 0.455 e. The van der Waals surface area contributed by atoms with Crippen LogP contribution in [-0.4, -0.2) is 19.9 Å². The van der Waals surface area contributed by atoms with Crippen LogP contribution in [0.5, 0.6) is 0 Å². The Bertz CT molecular complexity index is 2280. The molecule has 0 saturated carbocycles. The Balaban J connectivity index is 1.58. The Morgan fingerprint density at radius 2 is 1.28 bits per heavy atom. The number of pyridine rings is 1. The molecule has 0 N–H and O–H groups in total. The van der Waals surface area contributed by atoms with Gasteiger partial charge < -0.3 is 4.42 Å². The summed E-state index contributed by atoms with van der Waals surface area (Å²) in [5.74, 6) is 2.44. The third-order valence-electron chi connectivity index (χ3n) is 9.49. The van der Waals surface area contributed by atoms with E-state index >= 15 is 0 Å². The summed E-state index contributed by atoms with van der Waals surface area (Å²) in [5, 5.41) is 1.92. The van der Waals surface area contributed by atoms with Gasteiger partial charge in [0.05, 0.1) is 5.69 Å². The fraction of sp³-hybridized carbons (Fsp3) is 0.422. The molecule has 0 spiro atoms. The van der Waals surface area contributed by atoms with Crippen molar-refractivity contribution in [2.24, 2.45) is 0 Å². The number of rotatable bonds is 5. The minimum Gasteiger partial charge on any atom is -0.455 e. The van der Waals surface area contributed by atoms with E-state index in [4.69, 9.17) is 28.5 Å². The van der Waals surface area contributed by atoms with Crippen molar-refractivity contribution in [1.82, 2.24) is 19.9 Å².